The fourth-order valence-corrected chi connectivity index (χ4v) is 2.12. The summed E-state index contributed by atoms with van der Waals surface area (Å²) >= 11 is 0. The predicted molar refractivity (Wildman–Crippen MR) is 106 cm³/mol. The van der Waals surface area contributed by atoms with Crippen LogP contribution >= 0.6 is 0 Å². The minimum Gasteiger partial charge on any atom is -0.460 e. The molecule has 0 spiro atoms. The van der Waals surface area contributed by atoms with Gasteiger partial charge in [0.2, 0.25) is 0 Å². The smallest absolute Gasteiger partial charge is 0.408 e. The van der Waals surface area contributed by atoms with Crippen molar-refractivity contribution in [3.8, 4) is 0 Å². The summed E-state index contributed by atoms with van der Waals surface area (Å²) in [6.07, 6.45) is -0.159. The van der Waals surface area contributed by atoms with Crippen LogP contribution in [0.3, 0.4) is 0 Å². The Kier molecular flexibility index (Phi) is 9.41. The molecule has 1 aromatic rings. The van der Waals surface area contributed by atoms with E-state index in [4.69, 9.17) is 14.2 Å². The maximum absolute atomic E-state index is 12.4. The van der Waals surface area contributed by atoms with Crippen molar-refractivity contribution in [2.24, 2.45) is 0 Å². The third kappa shape index (κ3) is 9.13. The van der Waals surface area contributed by atoms with Crippen molar-refractivity contribution < 1.29 is 38.2 Å². The second-order valence-corrected chi connectivity index (χ2v) is 7.11. The molecule has 0 aromatic heterocycles. The van der Waals surface area contributed by atoms with Gasteiger partial charge in [-0.3, -0.25) is 14.4 Å². The van der Waals surface area contributed by atoms with E-state index in [1.165, 1.54) is 18.2 Å². The van der Waals surface area contributed by atoms with E-state index < -0.39 is 54.3 Å². The van der Waals surface area contributed by atoms with Gasteiger partial charge in [-0.1, -0.05) is 43.0 Å². The van der Waals surface area contributed by atoms with Crippen molar-refractivity contribution in [3.63, 3.8) is 0 Å². The van der Waals surface area contributed by atoms with Crippen LogP contribution < -0.4 is 5.32 Å². The predicted octanol–water partition coefficient (Wildman–Crippen LogP) is 1.99. The van der Waals surface area contributed by atoms with Crippen LogP contribution in [0.25, 0.3) is 0 Å². The Hall–Kier alpha value is -3.49. The highest BCUT2D eigenvalue weighted by molar-refractivity contribution is 6.40. The average molecular weight is 419 g/mol. The minimum absolute atomic E-state index is 0.103. The van der Waals surface area contributed by atoms with Gasteiger partial charge >= 0.3 is 18.0 Å². The van der Waals surface area contributed by atoms with E-state index in [9.17, 15) is 24.0 Å². The molecule has 0 fully saturated rings. The number of carbonyl (C=O) groups is 5. The highest BCUT2D eigenvalue weighted by atomic mass is 16.6. The first-order chi connectivity index (χ1) is 14.0. The molecule has 0 aliphatic carbocycles. The monoisotopic (exact) mass is 419 g/mol. The molecule has 9 heteroatoms. The Balaban J connectivity index is 2.76. The van der Waals surface area contributed by atoms with Crippen LogP contribution in [0.1, 0.15) is 37.6 Å². The lowest BCUT2D eigenvalue weighted by atomic mass is 10.1. The summed E-state index contributed by atoms with van der Waals surface area (Å²) in [7, 11) is 0. The van der Waals surface area contributed by atoms with Crippen LogP contribution in [-0.2, 0) is 28.6 Å². The molecule has 0 aliphatic heterocycles. The number of ether oxygens (including phenoxy) is 3. The molecule has 1 N–H and O–H groups in total. The van der Waals surface area contributed by atoms with E-state index in [-0.39, 0.29) is 12.2 Å². The molecule has 0 heterocycles. The lowest BCUT2D eigenvalue weighted by molar-refractivity contribution is -0.156. The normalized spacial score (nSPS) is 11.6. The van der Waals surface area contributed by atoms with Crippen LogP contribution in [0.4, 0.5) is 4.79 Å². The number of alkyl carbamates (subject to hydrolysis) is 1. The number of ketones is 2. The molecule has 162 valence electrons. The molecular formula is C21H25NO8. The number of carbonyl (C=O) groups excluding carboxylic acids is 5. The van der Waals surface area contributed by atoms with Crippen LogP contribution in [-0.4, -0.2) is 54.5 Å². The van der Waals surface area contributed by atoms with Gasteiger partial charge in [-0.05, 0) is 20.8 Å². The number of Topliss-reactive ketones (excluding diaryl/α,β-unsaturated/α-hetero) is 2. The third-order valence-corrected chi connectivity index (χ3v) is 3.37. The number of hydrogen-bond donors (Lipinski definition) is 1. The lowest BCUT2D eigenvalue weighted by Crippen LogP contribution is -2.45. The Morgan fingerprint density at radius 3 is 2.27 bits per heavy atom. The number of benzene rings is 1. The first-order valence-electron chi connectivity index (χ1n) is 9.08. The van der Waals surface area contributed by atoms with Crippen molar-refractivity contribution in [3.05, 3.63) is 48.6 Å². The average Bonchev–Trinajstić information content (AvgIpc) is 2.68. The van der Waals surface area contributed by atoms with Gasteiger partial charge in [0.15, 0.2) is 12.4 Å². The Labute approximate surface area is 174 Å². The third-order valence-electron chi connectivity index (χ3n) is 3.37. The fourth-order valence-electron chi connectivity index (χ4n) is 2.12. The van der Waals surface area contributed by atoms with Crippen LogP contribution in [0.5, 0.6) is 0 Å². The first kappa shape index (κ1) is 24.5. The highest BCUT2D eigenvalue weighted by Gasteiger charge is 2.29. The second kappa shape index (κ2) is 11.5. The standard InChI is InChI=1S/C21H25NO8/c1-5-11-28-20(27)22-15(12-17(24)30-21(2,3)4)16(23)13-29-19(26)18(25)14-9-7-6-8-10-14/h5-10,15H,1,11-13H2,2-4H3,(H,22,27)/t15-/m0/s1. The summed E-state index contributed by atoms with van der Waals surface area (Å²) in [5, 5.41) is 2.22. The molecule has 1 atom stereocenters. The molecular weight excluding hydrogens is 394 g/mol. The molecule has 0 bridgehead atoms. The molecule has 30 heavy (non-hydrogen) atoms. The largest absolute Gasteiger partial charge is 0.460 e. The van der Waals surface area contributed by atoms with Gasteiger partial charge in [0.25, 0.3) is 5.78 Å². The van der Waals surface area contributed by atoms with Crippen molar-refractivity contribution >= 4 is 29.6 Å². The van der Waals surface area contributed by atoms with Gasteiger partial charge in [0, 0.05) is 5.56 Å². The number of esters is 2. The Morgan fingerprint density at radius 2 is 1.70 bits per heavy atom. The molecule has 0 aliphatic rings. The number of nitrogens with one attached hydrogen (secondary N) is 1. The number of amides is 1. The van der Waals surface area contributed by atoms with E-state index in [0.717, 1.165) is 0 Å². The topological polar surface area (TPSA) is 125 Å². The summed E-state index contributed by atoms with van der Waals surface area (Å²) in [6, 6.07) is 6.28. The van der Waals surface area contributed by atoms with E-state index in [1.54, 1.807) is 39.0 Å². The van der Waals surface area contributed by atoms with Crippen LogP contribution in [0, 0.1) is 0 Å². The molecule has 0 saturated heterocycles. The molecule has 1 aromatic carbocycles. The molecule has 0 radical (unpaired) electrons. The SMILES string of the molecule is C=CCOC(=O)N[C@@H](CC(=O)OC(C)(C)C)C(=O)COC(=O)C(=O)c1ccccc1. The first-order valence-corrected chi connectivity index (χ1v) is 9.08. The van der Waals surface area contributed by atoms with Crippen molar-refractivity contribution in [1.82, 2.24) is 5.32 Å². The van der Waals surface area contributed by atoms with Gasteiger partial charge in [-0.15, -0.1) is 0 Å². The van der Waals surface area contributed by atoms with E-state index >= 15 is 0 Å². The zero-order valence-electron chi connectivity index (χ0n) is 17.1. The summed E-state index contributed by atoms with van der Waals surface area (Å²) in [5.41, 5.74) is -0.700. The zero-order chi connectivity index (χ0) is 22.7. The van der Waals surface area contributed by atoms with Crippen LogP contribution in [0.15, 0.2) is 43.0 Å². The lowest BCUT2D eigenvalue weighted by Gasteiger charge is -2.22. The van der Waals surface area contributed by atoms with E-state index in [1.807, 2.05) is 0 Å². The van der Waals surface area contributed by atoms with Crippen molar-refractivity contribution in [2.75, 3.05) is 13.2 Å². The molecule has 1 rings (SSSR count). The van der Waals surface area contributed by atoms with Crippen molar-refractivity contribution in [2.45, 2.75) is 38.8 Å². The molecule has 9 nitrogen and oxygen atoms in total. The quantitative estimate of drug-likeness (QED) is 0.201. The highest BCUT2D eigenvalue weighted by Crippen LogP contribution is 2.10. The van der Waals surface area contributed by atoms with Gasteiger partial charge in [-0.25, -0.2) is 9.59 Å². The number of rotatable bonds is 10. The summed E-state index contributed by atoms with van der Waals surface area (Å²) in [5.74, 6) is -3.73. The molecule has 1 amide bonds. The van der Waals surface area contributed by atoms with E-state index in [0.29, 0.717) is 0 Å². The van der Waals surface area contributed by atoms with E-state index in [2.05, 4.69) is 11.9 Å². The zero-order valence-corrected chi connectivity index (χ0v) is 17.1. The number of hydrogen-bond acceptors (Lipinski definition) is 8. The van der Waals surface area contributed by atoms with Gasteiger partial charge in [0.05, 0.1) is 6.42 Å². The maximum Gasteiger partial charge on any atom is 0.408 e. The molecule has 0 saturated carbocycles. The fraction of sp³-hybridized carbons (Fsp3) is 0.381. The van der Waals surface area contributed by atoms with Crippen molar-refractivity contribution in [1.29, 1.82) is 0 Å². The minimum atomic E-state index is -1.38. The van der Waals surface area contributed by atoms with Gasteiger partial charge < -0.3 is 19.5 Å². The Bertz CT molecular complexity index is 795. The molecule has 0 unspecified atom stereocenters. The summed E-state index contributed by atoms with van der Waals surface area (Å²) < 4.78 is 14.6. The summed E-state index contributed by atoms with van der Waals surface area (Å²) in [6.45, 7) is 7.38. The van der Waals surface area contributed by atoms with Gasteiger partial charge in [-0.2, -0.15) is 0 Å². The second-order valence-electron chi connectivity index (χ2n) is 7.11. The maximum atomic E-state index is 12.4. The van der Waals surface area contributed by atoms with Crippen LogP contribution in [0.2, 0.25) is 0 Å². The summed E-state index contributed by atoms with van der Waals surface area (Å²) in [4.78, 5) is 60.2. The Morgan fingerprint density at radius 1 is 1.07 bits per heavy atom. The van der Waals surface area contributed by atoms with Gasteiger partial charge in [0.1, 0.15) is 18.2 Å².